The van der Waals surface area contributed by atoms with Gasteiger partial charge in [-0.15, -0.1) is 0 Å². The van der Waals surface area contributed by atoms with Gasteiger partial charge < -0.3 is 20.7 Å². The molecule has 5 amide bonds. The van der Waals surface area contributed by atoms with Crippen molar-refractivity contribution >= 4 is 35.1 Å². The van der Waals surface area contributed by atoms with Gasteiger partial charge in [-0.25, -0.2) is 4.79 Å². The summed E-state index contributed by atoms with van der Waals surface area (Å²) in [5, 5.41) is 8.11. The van der Waals surface area contributed by atoms with E-state index in [1.54, 1.807) is 48.5 Å². The second-order valence-corrected chi connectivity index (χ2v) is 8.28. The third kappa shape index (κ3) is 4.84. The Morgan fingerprint density at radius 3 is 2.49 bits per heavy atom. The van der Waals surface area contributed by atoms with Crippen LogP contribution >= 0.6 is 0 Å². The number of carbonyl (C=O) groups is 4. The molecule has 0 aliphatic carbocycles. The summed E-state index contributed by atoms with van der Waals surface area (Å²) in [6, 6.07) is 20.6. The first-order chi connectivity index (χ1) is 17.0. The van der Waals surface area contributed by atoms with Gasteiger partial charge in [-0.05, 0) is 47.5 Å². The molecule has 1 saturated heterocycles. The van der Waals surface area contributed by atoms with E-state index in [0.717, 1.165) is 10.5 Å². The Hall–Kier alpha value is -4.66. The molecule has 3 N–H and O–H groups in total. The summed E-state index contributed by atoms with van der Waals surface area (Å²) in [5.74, 6) is -0.238. The minimum atomic E-state index is -0.628. The summed E-state index contributed by atoms with van der Waals surface area (Å²) in [5.41, 5.74) is 3.04. The van der Waals surface area contributed by atoms with E-state index >= 15 is 0 Å². The van der Waals surface area contributed by atoms with Crippen LogP contribution in [0.1, 0.15) is 21.5 Å². The zero-order valence-corrected chi connectivity index (χ0v) is 18.6. The maximum Gasteiger partial charge on any atom is 0.324 e. The molecule has 176 valence electrons. The maximum absolute atomic E-state index is 12.8. The Bertz CT molecular complexity index is 1300. The lowest BCUT2D eigenvalue weighted by atomic mass is 10.1. The molecular weight excluding hydrogens is 448 g/mol. The summed E-state index contributed by atoms with van der Waals surface area (Å²) < 4.78 is 5.73. The number of para-hydroxylation sites is 1. The van der Waals surface area contributed by atoms with Gasteiger partial charge in [0.15, 0.2) is 6.10 Å². The van der Waals surface area contributed by atoms with Crippen LogP contribution < -0.4 is 20.7 Å². The Balaban J connectivity index is 1.22. The van der Waals surface area contributed by atoms with Crippen molar-refractivity contribution in [2.75, 3.05) is 17.2 Å². The molecule has 0 saturated carbocycles. The van der Waals surface area contributed by atoms with E-state index in [2.05, 4.69) is 16.0 Å². The number of nitrogens with zero attached hydrogens (tertiary/aromatic N) is 1. The predicted molar refractivity (Wildman–Crippen MR) is 128 cm³/mol. The molecule has 2 aliphatic heterocycles. The molecular formula is C26H22N4O5. The van der Waals surface area contributed by atoms with Gasteiger partial charge in [0.25, 0.3) is 11.8 Å². The van der Waals surface area contributed by atoms with E-state index in [-0.39, 0.29) is 30.8 Å². The first-order valence-corrected chi connectivity index (χ1v) is 11.1. The molecule has 0 spiro atoms. The van der Waals surface area contributed by atoms with Crippen LogP contribution in [0.4, 0.5) is 16.2 Å². The van der Waals surface area contributed by atoms with Crippen molar-refractivity contribution in [1.82, 2.24) is 10.2 Å². The van der Waals surface area contributed by atoms with E-state index in [1.807, 2.05) is 24.3 Å². The number of ether oxygens (including phenoxy) is 1. The average Bonchev–Trinajstić information content (AvgIpc) is 3.43. The number of fused-ring (bicyclic) bond motifs is 1. The molecule has 35 heavy (non-hydrogen) atoms. The first-order valence-electron chi connectivity index (χ1n) is 11.1. The monoisotopic (exact) mass is 470 g/mol. The number of imide groups is 1. The highest BCUT2D eigenvalue weighted by molar-refractivity contribution is 6.05. The van der Waals surface area contributed by atoms with Gasteiger partial charge in [0.05, 0.1) is 13.1 Å². The second-order valence-electron chi connectivity index (χ2n) is 8.28. The third-order valence-electron chi connectivity index (χ3n) is 5.79. The summed E-state index contributed by atoms with van der Waals surface area (Å²) in [6.45, 7) is 0.102. The molecule has 1 atom stereocenters. The topological polar surface area (TPSA) is 117 Å². The highest BCUT2D eigenvalue weighted by atomic mass is 16.5. The van der Waals surface area contributed by atoms with Gasteiger partial charge in [-0.3, -0.25) is 19.3 Å². The van der Waals surface area contributed by atoms with Gasteiger partial charge >= 0.3 is 6.03 Å². The van der Waals surface area contributed by atoms with Crippen molar-refractivity contribution in [3.63, 3.8) is 0 Å². The number of hydrogen-bond donors (Lipinski definition) is 3. The average molecular weight is 470 g/mol. The summed E-state index contributed by atoms with van der Waals surface area (Å²) in [6.07, 6.45) is -0.138. The lowest BCUT2D eigenvalue weighted by Gasteiger charge is -2.14. The van der Waals surface area contributed by atoms with Crippen LogP contribution in [-0.2, 0) is 22.6 Å². The number of benzene rings is 3. The number of anilines is 2. The van der Waals surface area contributed by atoms with E-state index in [9.17, 15) is 19.2 Å². The number of rotatable bonds is 6. The Kier molecular flexibility index (Phi) is 5.88. The molecule has 3 aromatic rings. The Labute approximate surface area is 201 Å². The fourth-order valence-corrected chi connectivity index (χ4v) is 4.04. The summed E-state index contributed by atoms with van der Waals surface area (Å²) in [7, 11) is 0. The number of carbonyl (C=O) groups excluding carboxylic acids is 4. The fourth-order valence-electron chi connectivity index (χ4n) is 4.04. The molecule has 1 unspecified atom stereocenters. The van der Waals surface area contributed by atoms with Crippen molar-refractivity contribution in [2.24, 2.45) is 0 Å². The Morgan fingerprint density at radius 1 is 0.943 bits per heavy atom. The minimum absolute atomic E-state index is 0.0120. The van der Waals surface area contributed by atoms with Crippen LogP contribution in [0.25, 0.3) is 0 Å². The van der Waals surface area contributed by atoms with E-state index < -0.39 is 12.1 Å². The van der Waals surface area contributed by atoms with Gasteiger partial charge in [0.1, 0.15) is 5.75 Å². The van der Waals surface area contributed by atoms with Crippen LogP contribution in [-0.4, -0.2) is 41.3 Å². The summed E-state index contributed by atoms with van der Waals surface area (Å²) >= 11 is 0. The maximum atomic E-state index is 12.8. The SMILES string of the molecule is O=C(Nc1cccc(CN2C(=O)CNC2=O)c1)c1cccc(NC(=O)C2Cc3ccccc3O2)c1. The Morgan fingerprint density at radius 2 is 1.71 bits per heavy atom. The van der Waals surface area contributed by atoms with Gasteiger partial charge in [-0.1, -0.05) is 36.4 Å². The standard InChI is InChI=1S/C26H22N4O5/c31-23-14-27-26(34)30(23)15-16-5-3-8-19(11-16)28-24(32)18-7-4-9-20(12-18)29-25(33)22-13-17-6-1-2-10-21(17)35-22/h1-12,22H,13-15H2,(H,27,34)(H,28,32)(H,29,33). The van der Waals surface area contributed by atoms with Crippen LogP contribution in [0.15, 0.2) is 72.8 Å². The van der Waals surface area contributed by atoms with Gasteiger partial charge in [-0.2, -0.15) is 0 Å². The first kappa shape index (κ1) is 22.1. The van der Waals surface area contributed by atoms with Crippen molar-refractivity contribution in [2.45, 2.75) is 19.1 Å². The largest absolute Gasteiger partial charge is 0.480 e. The van der Waals surface area contributed by atoms with E-state index in [1.165, 1.54) is 0 Å². The fraction of sp³-hybridized carbons (Fsp3) is 0.154. The highest BCUT2D eigenvalue weighted by Gasteiger charge is 2.29. The number of urea groups is 1. The van der Waals surface area contributed by atoms with Crippen LogP contribution in [0.5, 0.6) is 5.75 Å². The van der Waals surface area contributed by atoms with Gasteiger partial charge in [0.2, 0.25) is 5.91 Å². The quantitative estimate of drug-likeness (QED) is 0.479. The smallest absolute Gasteiger partial charge is 0.324 e. The molecule has 2 heterocycles. The molecule has 5 rings (SSSR count). The van der Waals surface area contributed by atoms with Crippen LogP contribution in [0, 0.1) is 0 Å². The molecule has 0 radical (unpaired) electrons. The molecule has 3 aromatic carbocycles. The molecule has 9 heteroatoms. The van der Waals surface area contributed by atoms with E-state index in [0.29, 0.717) is 34.7 Å². The molecule has 0 bridgehead atoms. The normalized spacial score (nSPS) is 16.3. The molecule has 0 aromatic heterocycles. The number of nitrogens with one attached hydrogen (secondary N) is 3. The molecule has 2 aliphatic rings. The van der Waals surface area contributed by atoms with E-state index in [4.69, 9.17) is 4.74 Å². The van der Waals surface area contributed by atoms with Crippen LogP contribution in [0.2, 0.25) is 0 Å². The lowest BCUT2D eigenvalue weighted by Crippen LogP contribution is -2.31. The number of amides is 5. The highest BCUT2D eigenvalue weighted by Crippen LogP contribution is 2.28. The van der Waals surface area contributed by atoms with Crippen molar-refractivity contribution in [3.05, 3.63) is 89.5 Å². The minimum Gasteiger partial charge on any atom is -0.480 e. The van der Waals surface area contributed by atoms with Crippen molar-refractivity contribution < 1.29 is 23.9 Å². The lowest BCUT2D eigenvalue weighted by molar-refractivity contribution is -0.125. The summed E-state index contributed by atoms with van der Waals surface area (Å²) in [4.78, 5) is 50.2. The zero-order chi connectivity index (χ0) is 24.4. The molecule has 9 nitrogen and oxygen atoms in total. The molecule has 1 fully saturated rings. The van der Waals surface area contributed by atoms with Crippen molar-refractivity contribution in [1.29, 1.82) is 0 Å². The van der Waals surface area contributed by atoms with Crippen molar-refractivity contribution in [3.8, 4) is 5.75 Å². The zero-order valence-electron chi connectivity index (χ0n) is 18.6. The second kappa shape index (κ2) is 9.30. The predicted octanol–water partition coefficient (Wildman–Crippen LogP) is 2.93. The third-order valence-corrected chi connectivity index (χ3v) is 5.79. The van der Waals surface area contributed by atoms with Crippen LogP contribution in [0.3, 0.4) is 0 Å². The van der Waals surface area contributed by atoms with Gasteiger partial charge in [0, 0.05) is 23.4 Å². The number of hydrogen-bond acceptors (Lipinski definition) is 5.